The van der Waals surface area contributed by atoms with E-state index < -0.39 is 0 Å². The zero-order valence-electron chi connectivity index (χ0n) is 22.6. The van der Waals surface area contributed by atoms with E-state index in [1.807, 2.05) is 45.0 Å². The number of aromatic amines is 1. The van der Waals surface area contributed by atoms with Crippen molar-refractivity contribution in [1.29, 1.82) is 0 Å². The number of rotatable bonds is 8. The smallest absolute Gasteiger partial charge is 0.253 e. The Hall–Kier alpha value is -4.39. The van der Waals surface area contributed by atoms with Gasteiger partial charge < -0.3 is 20.6 Å². The van der Waals surface area contributed by atoms with Crippen molar-refractivity contribution >= 4 is 23.0 Å². The highest BCUT2D eigenvalue weighted by Crippen LogP contribution is 2.33. The monoisotopic (exact) mass is 509 g/mol. The number of carbonyl (C=O) groups is 1. The minimum Gasteiger partial charge on any atom is -0.405 e. The van der Waals surface area contributed by atoms with Crippen molar-refractivity contribution in [2.24, 2.45) is 10.7 Å². The zero-order valence-corrected chi connectivity index (χ0v) is 22.6. The molecule has 0 saturated heterocycles. The van der Waals surface area contributed by atoms with Crippen molar-refractivity contribution in [2.45, 2.75) is 53.8 Å². The summed E-state index contributed by atoms with van der Waals surface area (Å²) in [5.74, 6) is -0.209. The van der Waals surface area contributed by atoms with E-state index >= 15 is 0 Å². The second-order valence-electron chi connectivity index (χ2n) is 9.93. The number of hydrogen-bond donors (Lipinski definition) is 3. The zero-order chi connectivity index (χ0) is 27.4. The third kappa shape index (κ3) is 5.62. The summed E-state index contributed by atoms with van der Waals surface area (Å²) in [5.41, 5.74) is 13.1. The maximum absolute atomic E-state index is 13.6. The van der Waals surface area contributed by atoms with Gasteiger partial charge in [0.1, 0.15) is 0 Å². The van der Waals surface area contributed by atoms with E-state index in [1.54, 1.807) is 12.3 Å². The van der Waals surface area contributed by atoms with Gasteiger partial charge in [0, 0.05) is 52.7 Å². The molecule has 0 fully saturated rings. The van der Waals surface area contributed by atoms with Crippen LogP contribution in [-0.2, 0) is 13.1 Å². The number of benzene rings is 2. The van der Waals surface area contributed by atoms with Crippen molar-refractivity contribution < 1.29 is 4.79 Å². The summed E-state index contributed by atoms with van der Waals surface area (Å²) in [6.45, 7) is 10.7. The molecular formula is C31H35N5O2. The standard InChI is InChI=1S/C31H35N5O2/c1-19(2)36-18-21(4)29-26(30(37)34-17-27-20(3)13-22(5)35-31(27)38)14-25(15-28(29)36)24-9-7-23(8-10-24)16-33-12-6-11-32/h6-15,18-19H,16-17,32H2,1-5H3,(H,34,37)(H,35,38). The highest BCUT2D eigenvalue weighted by atomic mass is 16.1. The van der Waals surface area contributed by atoms with Gasteiger partial charge in [-0.15, -0.1) is 0 Å². The van der Waals surface area contributed by atoms with Crippen molar-refractivity contribution in [2.75, 3.05) is 0 Å². The SMILES string of the molecule is Cc1cc(C)c(CNC(=O)c2cc(-c3ccc(CN=CC=CN)cc3)cc3c2c(C)cn3C(C)C)c(=O)[nH]1. The number of fused-ring (bicyclic) bond motifs is 1. The number of pyridine rings is 1. The molecular weight excluding hydrogens is 474 g/mol. The highest BCUT2D eigenvalue weighted by molar-refractivity contribution is 6.09. The van der Waals surface area contributed by atoms with Gasteiger partial charge in [0.25, 0.3) is 11.5 Å². The fourth-order valence-electron chi connectivity index (χ4n) is 4.80. The molecule has 7 nitrogen and oxygen atoms in total. The quantitative estimate of drug-likeness (QED) is 0.274. The van der Waals surface area contributed by atoms with E-state index in [2.05, 4.69) is 58.1 Å². The Morgan fingerprint density at radius 2 is 1.82 bits per heavy atom. The minimum absolute atomic E-state index is 0.157. The van der Waals surface area contributed by atoms with Gasteiger partial charge in [0.05, 0.1) is 6.54 Å². The Morgan fingerprint density at radius 3 is 2.47 bits per heavy atom. The van der Waals surface area contributed by atoms with Crippen LogP contribution in [0.15, 0.2) is 70.7 Å². The lowest BCUT2D eigenvalue weighted by Gasteiger charge is -2.14. The van der Waals surface area contributed by atoms with Crippen LogP contribution in [0.25, 0.3) is 22.0 Å². The molecule has 4 aromatic rings. The molecule has 7 heteroatoms. The summed E-state index contributed by atoms with van der Waals surface area (Å²) in [5, 5.41) is 3.92. The number of nitrogens with one attached hydrogen (secondary N) is 2. The third-order valence-electron chi connectivity index (χ3n) is 6.71. The molecule has 4 rings (SSSR count). The van der Waals surface area contributed by atoms with Crippen molar-refractivity contribution in [3.8, 4) is 11.1 Å². The number of nitrogens with zero attached hydrogens (tertiary/aromatic N) is 2. The molecule has 1 amide bonds. The molecule has 196 valence electrons. The van der Waals surface area contributed by atoms with Crippen LogP contribution >= 0.6 is 0 Å². The fraction of sp³-hybridized carbons (Fsp3) is 0.258. The summed E-state index contributed by atoms with van der Waals surface area (Å²) >= 11 is 0. The minimum atomic E-state index is -0.209. The molecule has 0 saturated carbocycles. The molecule has 0 aliphatic heterocycles. The van der Waals surface area contributed by atoms with Crippen molar-refractivity contribution in [3.05, 3.63) is 105 Å². The molecule has 0 aliphatic rings. The topological polar surface area (TPSA) is 105 Å². The molecule has 0 unspecified atom stereocenters. The van der Waals surface area contributed by atoms with Crippen LogP contribution in [0.2, 0.25) is 0 Å². The first-order valence-corrected chi connectivity index (χ1v) is 12.8. The Morgan fingerprint density at radius 1 is 1.08 bits per heavy atom. The van der Waals surface area contributed by atoms with Crippen LogP contribution in [0.1, 0.15) is 58.2 Å². The fourth-order valence-corrected chi connectivity index (χ4v) is 4.80. The van der Waals surface area contributed by atoms with E-state index in [0.29, 0.717) is 17.7 Å². The summed E-state index contributed by atoms with van der Waals surface area (Å²) in [7, 11) is 0. The van der Waals surface area contributed by atoms with Crippen LogP contribution in [0, 0.1) is 20.8 Å². The summed E-state index contributed by atoms with van der Waals surface area (Å²) in [6.07, 6.45) is 6.92. The molecule has 2 heterocycles. The predicted molar refractivity (Wildman–Crippen MR) is 156 cm³/mol. The highest BCUT2D eigenvalue weighted by Gasteiger charge is 2.19. The average Bonchev–Trinajstić information content (AvgIpc) is 3.22. The van der Waals surface area contributed by atoms with Crippen LogP contribution < -0.4 is 16.6 Å². The second kappa shape index (κ2) is 11.3. The summed E-state index contributed by atoms with van der Waals surface area (Å²) in [6, 6.07) is 14.4. The van der Waals surface area contributed by atoms with Gasteiger partial charge in [-0.1, -0.05) is 24.3 Å². The van der Waals surface area contributed by atoms with E-state index in [9.17, 15) is 9.59 Å². The molecule has 2 aromatic heterocycles. The van der Waals surface area contributed by atoms with Gasteiger partial charge in [-0.2, -0.15) is 0 Å². The van der Waals surface area contributed by atoms with Gasteiger partial charge in [-0.05, 0) is 92.9 Å². The van der Waals surface area contributed by atoms with Crippen LogP contribution in [0.5, 0.6) is 0 Å². The second-order valence-corrected chi connectivity index (χ2v) is 9.93. The third-order valence-corrected chi connectivity index (χ3v) is 6.71. The lowest BCUT2D eigenvalue weighted by atomic mass is 9.97. The number of nitrogens with two attached hydrogens (primary N) is 1. The summed E-state index contributed by atoms with van der Waals surface area (Å²) in [4.78, 5) is 33.3. The van der Waals surface area contributed by atoms with E-state index in [1.165, 1.54) is 6.20 Å². The number of aromatic nitrogens is 2. The van der Waals surface area contributed by atoms with Gasteiger partial charge in [-0.25, -0.2) is 0 Å². The maximum atomic E-state index is 13.6. The largest absolute Gasteiger partial charge is 0.405 e. The molecule has 0 radical (unpaired) electrons. The number of allylic oxidation sites excluding steroid dienone is 1. The Bertz CT molecular complexity index is 1590. The maximum Gasteiger partial charge on any atom is 0.253 e. The van der Waals surface area contributed by atoms with Crippen molar-refractivity contribution in [1.82, 2.24) is 14.9 Å². The van der Waals surface area contributed by atoms with Gasteiger partial charge in [-0.3, -0.25) is 14.6 Å². The van der Waals surface area contributed by atoms with Gasteiger partial charge in [0.2, 0.25) is 0 Å². The van der Waals surface area contributed by atoms with Crippen LogP contribution in [0.4, 0.5) is 0 Å². The number of aryl methyl sites for hydroxylation is 3. The lowest BCUT2D eigenvalue weighted by molar-refractivity contribution is 0.0952. The molecule has 0 aliphatic carbocycles. The number of amides is 1. The van der Waals surface area contributed by atoms with E-state index in [0.717, 1.165) is 44.4 Å². The van der Waals surface area contributed by atoms with E-state index in [-0.39, 0.29) is 24.1 Å². The van der Waals surface area contributed by atoms with Crippen molar-refractivity contribution in [3.63, 3.8) is 0 Å². The normalized spacial score (nSPS) is 11.8. The molecule has 0 bridgehead atoms. The lowest BCUT2D eigenvalue weighted by Crippen LogP contribution is -2.28. The molecule has 0 atom stereocenters. The molecule has 38 heavy (non-hydrogen) atoms. The Balaban J connectivity index is 1.73. The van der Waals surface area contributed by atoms with Gasteiger partial charge in [0.15, 0.2) is 0 Å². The van der Waals surface area contributed by atoms with Gasteiger partial charge >= 0.3 is 0 Å². The number of carbonyl (C=O) groups excluding carboxylic acids is 1. The first kappa shape index (κ1) is 26.7. The average molecular weight is 510 g/mol. The molecule has 0 spiro atoms. The first-order valence-electron chi connectivity index (χ1n) is 12.8. The number of aliphatic imine (C=N–C) groups is 1. The summed E-state index contributed by atoms with van der Waals surface area (Å²) < 4.78 is 2.20. The molecule has 2 aromatic carbocycles. The first-order chi connectivity index (χ1) is 18.2. The predicted octanol–water partition coefficient (Wildman–Crippen LogP) is 5.48. The number of hydrogen-bond acceptors (Lipinski definition) is 4. The van der Waals surface area contributed by atoms with Crippen LogP contribution in [-0.4, -0.2) is 21.7 Å². The van der Waals surface area contributed by atoms with Crippen LogP contribution in [0.3, 0.4) is 0 Å². The van der Waals surface area contributed by atoms with E-state index in [4.69, 9.17) is 5.73 Å². The number of H-pyrrole nitrogens is 1. The Kier molecular flexibility index (Phi) is 7.96. The molecule has 4 N–H and O–H groups in total. The Labute approximate surface area is 223 Å².